The first kappa shape index (κ1) is 21.2. The van der Waals surface area contributed by atoms with Crippen LogP contribution >= 0.6 is 0 Å². The number of fused-ring (bicyclic) bond motifs is 1. The summed E-state index contributed by atoms with van der Waals surface area (Å²) in [5.74, 6) is 1.56. The van der Waals surface area contributed by atoms with E-state index in [-0.39, 0.29) is 17.5 Å². The fraction of sp³-hybridized carbons (Fsp3) is 0.565. The molecule has 0 aromatic carbocycles. The Hall–Kier alpha value is -2.50. The molecule has 1 atom stereocenters. The predicted molar refractivity (Wildman–Crippen MR) is 117 cm³/mol. The summed E-state index contributed by atoms with van der Waals surface area (Å²) in [6.07, 6.45) is 7.58. The number of carbonyl (C=O) groups excluding carboxylic acids is 1. The lowest BCUT2D eigenvalue weighted by Crippen LogP contribution is -2.51. The summed E-state index contributed by atoms with van der Waals surface area (Å²) < 4.78 is 0. The molecule has 3 rings (SSSR count). The molecule has 0 aliphatic heterocycles. The van der Waals surface area contributed by atoms with Crippen molar-refractivity contribution in [3.63, 3.8) is 0 Å². The molecule has 0 spiro atoms. The quantitative estimate of drug-likeness (QED) is 0.769. The van der Waals surface area contributed by atoms with Gasteiger partial charge in [-0.2, -0.15) is 0 Å². The Morgan fingerprint density at radius 3 is 2.69 bits per heavy atom. The zero-order valence-electron chi connectivity index (χ0n) is 18.3. The van der Waals surface area contributed by atoms with Crippen molar-refractivity contribution < 1.29 is 4.79 Å². The standard InChI is InChI=1S/C23H33N5O/c1-6-7-14-19(22(29)27-23(2,3)4)28(5)21-16-11-10-13-17(16)25-20(26-21)18-12-8-9-15-24-18/h8-9,12,15,19H,6-7,10-11,13-14H2,1-5H3,(H,27,29)/t19-/m0/s1. The Kier molecular flexibility index (Phi) is 6.50. The van der Waals surface area contributed by atoms with Gasteiger partial charge in [-0.3, -0.25) is 9.78 Å². The van der Waals surface area contributed by atoms with E-state index in [4.69, 9.17) is 9.97 Å². The van der Waals surface area contributed by atoms with Crippen LogP contribution in [-0.2, 0) is 17.6 Å². The topological polar surface area (TPSA) is 71.0 Å². The summed E-state index contributed by atoms with van der Waals surface area (Å²) in [4.78, 5) is 29.3. The zero-order chi connectivity index (χ0) is 21.0. The fourth-order valence-corrected chi connectivity index (χ4v) is 3.81. The summed E-state index contributed by atoms with van der Waals surface area (Å²) >= 11 is 0. The van der Waals surface area contributed by atoms with Gasteiger partial charge in [-0.1, -0.05) is 25.8 Å². The van der Waals surface area contributed by atoms with Gasteiger partial charge in [0.2, 0.25) is 5.91 Å². The number of carbonyl (C=O) groups is 1. The Morgan fingerprint density at radius 2 is 2.03 bits per heavy atom. The van der Waals surface area contributed by atoms with E-state index < -0.39 is 0 Å². The molecule has 6 heteroatoms. The maximum Gasteiger partial charge on any atom is 0.243 e. The summed E-state index contributed by atoms with van der Waals surface area (Å²) in [6, 6.07) is 5.51. The highest BCUT2D eigenvalue weighted by molar-refractivity contribution is 5.85. The predicted octanol–water partition coefficient (Wildman–Crippen LogP) is 3.94. The number of amides is 1. The van der Waals surface area contributed by atoms with E-state index in [2.05, 4.69) is 22.1 Å². The zero-order valence-corrected chi connectivity index (χ0v) is 18.3. The Labute approximate surface area is 174 Å². The second kappa shape index (κ2) is 8.89. The summed E-state index contributed by atoms with van der Waals surface area (Å²) in [5, 5.41) is 3.16. The number of likely N-dealkylation sites (N-methyl/N-ethyl adjacent to an activating group) is 1. The molecule has 1 aliphatic carbocycles. The molecule has 6 nitrogen and oxygen atoms in total. The van der Waals surface area contributed by atoms with Crippen LogP contribution < -0.4 is 10.2 Å². The van der Waals surface area contributed by atoms with Gasteiger partial charge in [0.25, 0.3) is 0 Å². The van der Waals surface area contributed by atoms with Crippen LogP contribution in [0.25, 0.3) is 11.5 Å². The molecule has 0 bridgehead atoms. The molecule has 0 saturated carbocycles. The molecule has 0 saturated heterocycles. The Balaban J connectivity index is 1.99. The Bertz CT molecular complexity index is 844. The van der Waals surface area contributed by atoms with Crippen molar-refractivity contribution in [1.29, 1.82) is 0 Å². The van der Waals surface area contributed by atoms with E-state index in [1.165, 1.54) is 5.56 Å². The van der Waals surface area contributed by atoms with Crippen molar-refractivity contribution in [2.24, 2.45) is 0 Å². The molecule has 2 heterocycles. The molecule has 0 radical (unpaired) electrons. The number of nitrogens with one attached hydrogen (secondary N) is 1. The van der Waals surface area contributed by atoms with Crippen LogP contribution in [-0.4, -0.2) is 39.5 Å². The van der Waals surface area contributed by atoms with Crippen LogP contribution in [0.5, 0.6) is 0 Å². The number of pyridine rings is 1. The molecule has 156 valence electrons. The fourth-order valence-electron chi connectivity index (χ4n) is 3.81. The van der Waals surface area contributed by atoms with Gasteiger partial charge in [0.05, 0.1) is 0 Å². The van der Waals surface area contributed by atoms with Gasteiger partial charge < -0.3 is 10.2 Å². The highest BCUT2D eigenvalue weighted by Gasteiger charge is 2.30. The van der Waals surface area contributed by atoms with E-state index in [9.17, 15) is 4.79 Å². The second-order valence-electron chi connectivity index (χ2n) is 8.87. The van der Waals surface area contributed by atoms with Crippen LogP contribution in [0, 0.1) is 0 Å². The Morgan fingerprint density at radius 1 is 1.24 bits per heavy atom. The van der Waals surface area contributed by atoms with Crippen LogP contribution in [0.3, 0.4) is 0 Å². The minimum atomic E-state index is -0.269. The smallest absolute Gasteiger partial charge is 0.243 e. The molecule has 2 aromatic rings. The van der Waals surface area contributed by atoms with Gasteiger partial charge in [-0.15, -0.1) is 0 Å². The van der Waals surface area contributed by atoms with Gasteiger partial charge in [0, 0.05) is 30.0 Å². The second-order valence-corrected chi connectivity index (χ2v) is 8.87. The van der Waals surface area contributed by atoms with Crippen molar-refractivity contribution in [1.82, 2.24) is 20.3 Å². The lowest BCUT2D eigenvalue weighted by atomic mass is 10.0. The summed E-state index contributed by atoms with van der Waals surface area (Å²) in [7, 11) is 1.99. The summed E-state index contributed by atoms with van der Waals surface area (Å²) in [6.45, 7) is 8.20. The number of aromatic nitrogens is 3. The van der Waals surface area contributed by atoms with E-state index in [1.54, 1.807) is 6.20 Å². The lowest BCUT2D eigenvalue weighted by Gasteiger charge is -2.32. The van der Waals surface area contributed by atoms with E-state index >= 15 is 0 Å². The van der Waals surface area contributed by atoms with Crippen molar-refractivity contribution in [3.8, 4) is 11.5 Å². The number of nitrogens with zero attached hydrogens (tertiary/aromatic N) is 4. The highest BCUT2D eigenvalue weighted by Crippen LogP contribution is 2.32. The average molecular weight is 396 g/mol. The van der Waals surface area contributed by atoms with Crippen molar-refractivity contribution in [3.05, 3.63) is 35.7 Å². The average Bonchev–Trinajstić information content (AvgIpc) is 3.15. The summed E-state index contributed by atoms with van der Waals surface area (Å²) in [5.41, 5.74) is 2.76. The molecular weight excluding hydrogens is 362 g/mol. The van der Waals surface area contributed by atoms with Gasteiger partial charge in [0.15, 0.2) is 5.82 Å². The molecule has 0 unspecified atom stereocenters. The SMILES string of the molecule is CCCC[C@@H](C(=O)NC(C)(C)C)N(C)c1nc(-c2ccccn2)nc2c1CCC2. The van der Waals surface area contributed by atoms with Crippen molar-refractivity contribution in [2.45, 2.75) is 77.8 Å². The van der Waals surface area contributed by atoms with Gasteiger partial charge in [-0.25, -0.2) is 9.97 Å². The van der Waals surface area contributed by atoms with Crippen LogP contribution in [0.1, 0.15) is 64.6 Å². The lowest BCUT2D eigenvalue weighted by molar-refractivity contribution is -0.124. The molecule has 29 heavy (non-hydrogen) atoms. The van der Waals surface area contributed by atoms with Gasteiger partial charge in [-0.05, 0) is 58.6 Å². The number of hydrogen-bond donors (Lipinski definition) is 1. The number of anilines is 1. The van der Waals surface area contributed by atoms with Gasteiger partial charge >= 0.3 is 0 Å². The number of hydrogen-bond acceptors (Lipinski definition) is 5. The third-order valence-electron chi connectivity index (χ3n) is 5.24. The van der Waals surface area contributed by atoms with Crippen LogP contribution in [0.15, 0.2) is 24.4 Å². The highest BCUT2D eigenvalue weighted by atomic mass is 16.2. The monoisotopic (exact) mass is 395 g/mol. The van der Waals surface area contributed by atoms with E-state index in [0.717, 1.165) is 55.7 Å². The molecule has 1 aliphatic rings. The third-order valence-corrected chi connectivity index (χ3v) is 5.24. The van der Waals surface area contributed by atoms with E-state index in [1.807, 2.05) is 46.0 Å². The third kappa shape index (κ3) is 5.11. The number of unbranched alkanes of at least 4 members (excludes halogenated alkanes) is 1. The number of rotatable bonds is 7. The molecule has 1 N–H and O–H groups in total. The molecular formula is C23H33N5O. The molecule has 0 fully saturated rings. The maximum absolute atomic E-state index is 13.1. The number of aryl methyl sites for hydroxylation is 1. The largest absolute Gasteiger partial charge is 0.350 e. The van der Waals surface area contributed by atoms with Gasteiger partial charge in [0.1, 0.15) is 17.6 Å². The normalized spacial score (nSPS) is 14.4. The van der Waals surface area contributed by atoms with E-state index in [0.29, 0.717) is 5.82 Å². The first-order valence-electron chi connectivity index (χ1n) is 10.7. The van der Waals surface area contributed by atoms with Crippen molar-refractivity contribution >= 4 is 11.7 Å². The first-order valence-corrected chi connectivity index (χ1v) is 10.7. The molecule has 1 amide bonds. The molecule has 2 aromatic heterocycles. The van der Waals surface area contributed by atoms with Crippen LogP contribution in [0.4, 0.5) is 5.82 Å². The first-order chi connectivity index (χ1) is 13.8. The minimum Gasteiger partial charge on any atom is -0.350 e. The van der Waals surface area contributed by atoms with Crippen LogP contribution in [0.2, 0.25) is 0 Å². The minimum absolute atomic E-state index is 0.0539. The van der Waals surface area contributed by atoms with Crippen molar-refractivity contribution in [2.75, 3.05) is 11.9 Å². The maximum atomic E-state index is 13.1.